The van der Waals surface area contributed by atoms with Gasteiger partial charge in [-0.2, -0.15) is 0 Å². The lowest BCUT2D eigenvalue weighted by atomic mass is 9.65. The molecular weight excluding hydrogens is 178 g/mol. The summed E-state index contributed by atoms with van der Waals surface area (Å²) in [4.78, 5) is 11.0. The second-order valence-corrected chi connectivity index (χ2v) is 5.01. The summed E-state index contributed by atoms with van der Waals surface area (Å²) in [5.74, 6) is 0.542. The molecule has 0 aromatic heterocycles. The summed E-state index contributed by atoms with van der Waals surface area (Å²) in [7, 11) is 0. The largest absolute Gasteiger partial charge is 0.480 e. The number of hydrogen-bond acceptors (Lipinski definition) is 2. The molecule has 3 atom stereocenters. The SMILES string of the molecule is N[C@]1(C(=O)O)CC[C@H]2CCCC[C@H]2C1. The summed E-state index contributed by atoms with van der Waals surface area (Å²) < 4.78 is 0. The van der Waals surface area contributed by atoms with Gasteiger partial charge in [0.25, 0.3) is 0 Å². The van der Waals surface area contributed by atoms with E-state index < -0.39 is 11.5 Å². The number of nitrogens with two attached hydrogens (primary N) is 1. The number of rotatable bonds is 1. The second-order valence-electron chi connectivity index (χ2n) is 5.01. The van der Waals surface area contributed by atoms with Gasteiger partial charge in [0.1, 0.15) is 5.54 Å². The maximum Gasteiger partial charge on any atom is 0.323 e. The highest BCUT2D eigenvalue weighted by atomic mass is 16.4. The highest BCUT2D eigenvalue weighted by Crippen LogP contribution is 2.43. The minimum absolute atomic E-state index is 0.582. The van der Waals surface area contributed by atoms with Crippen LogP contribution in [0.15, 0.2) is 0 Å². The number of carbonyl (C=O) groups is 1. The average molecular weight is 197 g/mol. The molecule has 3 N–H and O–H groups in total. The van der Waals surface area contributed by atoms with Crippen molar-refractivity contribution in [1.29, 1.82) is 0 Å². The molecule has 3 nitrogen and oxygen atoms in total. The molecule has 2 saturated carbocycles. The average Bonchev–Trinajstić information content (AvgIpc) is 2.17. The predicted octanol–water partition coefficient (Wildman–Crippen LogP) is 1.76. The van der Waals surface area contributed by atoms with Gasteiger partial charge in [0.05, 0.1) is 0 Å². The van der Waals surface area contributed by atoms with Crippen LogP contribution in [0, 0.1) is 11.8 Å². The first-order valence-electron chi connectivity index (χ1n) is 5.64. The van der Waals surface area contributed by atoms with Crippen LogP contribution >= 0.6 is 0 Å². The number of fused-ring (bicyclic) bond motifs is 1. The van der Waals surface area contributed by atoms with Crippen molar-refractivity contribution in [3.8, 4) is 0 Å². The van der Waals surface area contributed by atoms with Gasteiger partial charge in [-0.25, -0.2) is 0 Å². The van der Waals surface area contributed by atoms with Crippen molar-refractivity contribution in [2.45, 2.75) is 50.5 Å². The van der Waals surface area contributed by atoms with Crippen LogP contribution in [0.4, 0.5) is 0 Å². The van der Waals surface area contributed by atoms with E-state index in [4.69, 9.17) is 10.8 Å². The Kier molecular flexibility index (Phi) is 2.52. The van der Waals surface area contributed by atoms with Crippen molar-refractivity contribution < 1.29 is 9.90 Å². The fourth-order valence-electron chi connectivity index (χ4n) is 3.14. The van der Waals surface area contributed by atoms with Gasteiger partial charge in [-0.15, -0.1) is 0 Å². The van der Waals surface area contributed by atoms with Gasteiger partial charge in [0.15, 0.2) is 0 Å². The molecule has 0 spiro atoms. The van der Waals surface area contributed by atoms with Crippen molar-refractivity contribution in [2.24, 2.45) is 17.6 Å². The third kappa shape index (κ3) is 1.65. The second kappa shape index (κ2) is 3.54. The van der Waals surface area contributed by atoms with E-state index in [1.807, 2.05) is 0 Å². The Balaban J connectivity index is 2.05. The van der Waals surface area contributed by atoms with Crippen molar-refractivity contribution in [3.63, 3.8) is 0 Å². The van der Waals surface area contributed by atoms with Gasteiger partial charge in [-0.1, -0.05) is 25.7 Å². The Morgan fingerprint density at radius 2 is 1.86 bits per heavy atom. The smallest absolute Gasteiger partial charge is 0.323 e. The molecule has 0 heterocycles. The molecule has 0 saturated heterocycles. The number of carboxylic acid groups (broad SMARTS) is 1. The van der Waals surface area contributed by atoms with Crippen LogP contribution in [-0.4, -0.2) is 16.6 Å². The number of aliphatic carboxylic acids is 1. The molecule has 2 fully saturated rings. The summed E-state index contributed by atoms with van der Waals surface area (Å²) in [5.41, 5.74) is 4.99. The summed E-state index contributed by atoms with van der Waals surface area (Å²) in [6, 6.07) is 0. The van der Waals surface area contributed by atoms with Crippen LogP contribution in [0.1, 0.15) is 44.9 Å². The summed E-state index contributed by atoms with van der Waals surface area (Å²) in [6.45, 7) is 0. The van der Waals surface area contributed by atoms with Gasteiger partial charge >= 0.3 is 5.97 Å². The molecule has 0 aliphatic heterocycles. The molecule has 0 bridgehead atoms. The standard InChI is InChI=1S/C11H19NO2/c12-11(10(13)14)6-5-8-3-1-2-4-9(8)7-11/h8-9H,1-7,12H2,(H,13,14)/t8-,9+,11-/m1/s1. The highest BCUT2D eigenvalue weighted by molar-refractivity contribution is 5.78. The highest BCUT2D eigenvalue weighted by Gasteiger charge is 2.43. The Morgan fingerprint density at radius 1 is 1.21 bits per heavy atom. The monoisotopic (exact) mass is 197 g/mol. The molecule has 2 aliphatic rings. The zero-order valence-corrected chi connectivity index (χ0v) is 8.54. The number of carboxylic acids is 1. The van der Waals surface area contributed by atoms with E-state index in [2.05, 4.69) is 0 Å². The molecule has 2 aliphatic carbocycles. The van der Waals surface area contributed by atoms with Crippen LogP contribution in [-0.2, 0) is 4.79 Å². The molecule has 0 aromatic carbocycles. The van der Waals surface area contributed by atoms with E-state index in [1.54, 1.807) is 0 Å². The van der Waals surface area contributed by atoms with Crippen LogP contribution in [0.2, 0.25) is 0 Å². The van der Waals surface area contributed by atoms with Crippen molar-refractivity contribution in [2.75, 3.05) is 0 Å². The topological polar surface area (TPSA) is 63.3 Å². The first-order valence-corrected chi connectivity index (χ1v) is 5.64. The third-order valence-electron chi connectivity index (χ3n) is 4.08. The Labute approximate surface area is 84.7 Å². The minimum Gasteiger partial charge on any atom is -0.480 e. The van der Waals surface area contributed by atoms with E-state index in [9.17, 15) is 4.79 Å². The van der Waals surface area contributed by atoms with Gasteiger partial charge in [0.2, 0.25) is 0 Å². The lowest BCUT2D eigenvalue weighted by molar-refractivity contribution is -0.146. The van der Waals surface area contributed by atoms with E-state index in [0.29, 0.717) is 18.8 Å². The van der Waals surface area contributed by atoms with Gasteiger partial charge in [-0.05, 0) is 31.1 Å². The predicted molar refractivity (Wildman–Crippen MR) is 53.9 cm³/mol. The maximum absolute atomic E-state index is 11.0. The maximum atomic E-state index is 11.0. The fourth-order valence-corrected chi connectivity index (χ4v) is 3.14. The zero-order chi connectivity index (χ0) is 10.2. The molecule has 0 amide bonds. The van der Waals surface area contributed by atoms with Crippen LogP contribution in [0.25, 0.3) is 0 Å². The molecule has 2 rings (SSSR count). The summed E-state index contributed by atoms with van der Waals surface area (Å²) in [6.07, 6.45) is 7.46. The molecule has 0 aromatic rings. The lowest BCUT2D eigenvalue weighted by Crippen LogP contribution is -2.53. The lowest BCUT2D eigenvalue weighted by Gasteiger charge is -2.42. The van der Waals surface area contributed by atoms with Crippen LogP contribution < -0.4 is 5.73 Å². The van der Waals surface area contributed by atoms with E-state index in [1.165, 1.54) is 25.7 Å². The summed E-state index contributed by atoms with van der Waals surface area (Å²) in [5, 5.41) is 9.06. The Morgan fingerprint density at radius 3 is 2.50 bits per heavy atom. The Hall–Kier alpha value is -0.570. The molecular formula is C11H19NO2. The minimum atomic E-state index is -0.918. The summed E-state index contributed by atoms with van der Waals surface area (Å²) >= 11 is 0. The van der Waals surface area contributed by atoms with Gasteiger partial charge < -0.3 is 10.8 Å². The van der Waals surface area contributed by atoms with E-state index in [0.717, 1.165) is 12.3 Å². The van der Waals surface area contributed by atoms with Crippen LogP contribution in [0.3, 0.4) is 0 Å². The van der Waals surface area contributed by atoms with Crippen molar-refractivity contribution in [3.05, 3.63) is 0 Å². The van der Waals surface area contributed by atoms with E-state index in [-0.39, 0.29) is 0 Å². The van der Waals surface area contributed by atoms with Crippen LogP contribution in [0.5, 0.6) is 0 Å². The number of hydrogen-bond donors (Lipinski definition) is 2. The normalized spacial score (nSPS) is 42.9. The molecule has 80 valence electrons. The van der Waals surface area contributed by atoms with Crippen molar-refractivity contribution in [1.82, 2.24) is 0 Å². The van der Waals surface area contributed by atoms with Gasteiger partial charge in [0, 0.05) is 0 Å². The zero-order valence-electron chi connectivity index (χ0n) is 8.54. The first kappa shape index (κ1) is 9.97. The quantitative estimate of drug-likeness (QED) is 0.673. The first-order chi connectivity index (χ1) is 6.62. The molecule has 0 radical (unpaired) electrons. The molecule has 0 unspecified atom stereocenters. The third-order valence-corrected chi connectivity index (χ3v) is 4.08. The Bertz CT molecular complexity index is 241. The fraction of sp³-hybridized carbons (Fsp3) is 0.909. The molecule has 3 heteroatoms. The molecule has 14 heavy (non-hydrogen) atoms. The van der Waals surface area contributed by atoms with E-state index >= 15 is 0 Å². The van der Waals surface area contributed by atoms with Gasteiger partial charge in [-0.3, -0.25) is 4.79 Å². The van der Waals surface area contributed by atoms with Crippen molar-refractivity contribution >= 4 is 5.97 Å².